The van der Waals surface area contributed by atoms with Crippen molar-refractivity contribution in [2.24, 2.45) is 0 Å². The molecule has 0 bridgehead atoms. The van der Waals surface area contributed by atoms with Gasteiger partial charge in [0.25, 0.3) is 0 Å². The minimum Gasteiger partial charge on any atom is -0.480 e. The van der Waals surface area contributed by atoms with Gasteiger partial charge in [0.1, 0.15) is 6.04 Å². The molecule has 2 N–H and O–H groups in total. The number of carbonyl (C=O) groups excluding carboxylic acids is 1. The quantitative estimate of drug-likeness (QED) is 0.883. The summed E-state index contributed by atoms with van der Waals surface area (Å²) in [5.74, 6) is -1.04. The van der Waals surface area contributed by atoms with Gasteiger partial charge < -0.3 is 20.1 Å². The Morgan fingerprint density at radius 3 is 2.41 bits per heavy atom. The zero-order valence-electron chi connectivity index (χ0n) is 12.9. The van der Waals surface area contributed by atoms with Crippen LogP contribution in [-0.2, 0) is 16.0 Å². The zero-order chi connectivity index (χ0) is 16.1. The second-order valence-corrected chi connectivity index (χ2v) is 5.69. The summed E-state index contributed by atoms with van der Waals surface area (Å²) in [6.07, 6.45) is 0.163. The summed E-state index contributed by atoms with van der Waals surface area (Å²) in [7, 11) is 0. The highest BCUT2D eigenvalue weighted by Gasteiger charge is 2.29. The van der Waals surface area contributed by atoms with Crippen LogP contribution in [0.2, 0.25) is 0 Å². The highest BCUT2D eigenvalue weighted by atomic mass is 16.5. The largest absolute Gasteiger partial charge is 0.480 e. The number of hydrogen-bond acceptors (Lipinski definition) is 3. The van der Waals surface area contributed by atoms with Crippen LogP contribution in [0.1, 0.15) is 19.4 Å². The molecule has 2 rings (SSSR count). The topological polar surface area (TPSA) is 78.9 Å². The van der Waals surface area contributed by atoms with Crippen molar-refractivity contribution in [1.29, 1.82) is 0 Å². The molecule has 2 unspecified atom stereocenters. The molecule has 22 heavy (non-hydrogen) atoms. The number of aliphatic carboxylic acids is 1. The van der Waals surface area contributed by atoms with E-state index in [1.165, 1.54) is 0 Å². The van der Waals surface area contributed by atoms with Crippen molar-refractivity contribution in [2.45, 2.75) is 38.5 Å². The Bertz CT molecular complexity index is 510. The Kier molecular flexibility index (Phi) is 5.38. The number of nitrogens with zero attached hydrogens (tertiary/aromatic N) is 1. The van der Waals surface area contributed by atoms with E-state index in [1.807, 2.05) is 44.2 Å². The first-order valence-corrected chi connectivity index (χ1v) is 7.43. The van der Waals surface area contributed by atoms with Gasteiger partial charge in [0, 0.05) is 19.5 Å². The average molecular weight is 306 g/mol. The fourth-order valence-electron chi connectivity index (χ4n) is 2.63. The van der Waals surface area contributed by atoms with Crippen molar-refractivity contribution in [2.75, 3.05) is 13.1 Å². The molecule has 1 aliphatic rings. The highest BCUT2D eigenvalue weighted by Crippen LogP contribution is 2.11. The van der Waals surface area contributed by atoms with Gasteiger partial charge >= 0.3 is 12.0 Å². The van der Waals surface area contributed by atoms with E-state index in [0.29, 0.717) is 13.1 Å². The number of urea groups is 1. The van der Waals surface area contributed by atoms with Crippen LogP contribution >= 0.6 is 0 Å². The van der Waals surface area contributed by atoms with E-state index in [1.54, 1.807) is 4.90 Å². The van der Waals surface area contributed by atoms with Gasteiger partial charge in [-0.15, -0.1) is 0 Å². The summed E-state index contributed by atoms with van der Waals surface area (Å²) in [6, 6.07) is 7.97. The van der Waals surface area contributed by atoms with Crippen molar-refractivity contribution in [3.63, 3.8) is 0 Å². The van der Waals surface area contributed by atoms with Gasteiger partial charge in [-0.1, -0.05) is 30.3 Å². The number of carboxylic acid groups (broad SMARTS) is 1. The number of carbonyl (C=O) groups is 2. The van der Waals surface area contributed by atoms with E-state index in [0.717, 1.165) is 5.56 Å². The van der Waals surface area contributed by atoms with Crippen LogP contribution < -0.4 is 5.32 Å². The maximum Gasteiger partial charge on any atom is 0.326 e. The van der Waals surface area contributed by atoms with E-state index in [2.05, 4.69) is 5.32 Å². The van der Waals surface area contributed by atoms with Gasteiger partial charge in [-0.3, -0.25) is 0 Å². The number of rotatable bonds is 4. The minimum absolute atomic E-state index is 0.0492. The van der Waals surface area contributed by atoms with Crippen molar-refractivity contribution in [3.8, 4) is 0 Å². The molecule has 1 fully saturated rings. The van der Waals surface area contributed by atoms with Crippen molar-refractivity contribution in [1.82, 2.24) is 10.2 Å². The molecule has 6 nitrogen and oxygen atoms in total. The molecule has 3 atom stereocenters. The number of carboxylic acids is 1. The van der Waals surface area contributed by atoms with E-state index in [-0.39, 0.29) is 24.7 Å². The first kappa shape index (κ1) is 16.3. The normalized spacial score (nSPS) is 22.9. The third-order valence-corrected chi connectivity index (χ3v) is 3.59. The molecule has 120 valence electrons. The van der Waals surface area contributed by atoms with Crippen LogP contribution in [0.25, 0.3) is 0 Å². The Morgan fingerprint density at radius 2 is 1.86 bits per heavy atom. The van der Waals surface area contributed by atoms with Crippen LogP contribution in [0.4, 0.5) is 4.79 Å². The molecule has 1 aromatic carbocycles. The first-order valence-electron chi connectivity index (χ1n) is 7.43. The fraction of sp³-hybridized carbons (Fsp3) is 0.500. The lowest BCUT2D eigenvalue weighted by Gasteiger charge is -2.35. The summed E-state index contributed by atoms with van der Waals surface area (Å²) in [6.45, 7) is 4.73. The van der Waals surface area contributed by atoms with Crippen LogP contribution in [0.15, 0.2) is 30.3 Å². The van der Waals surface area contributed by atoms with Gasteiger partial charge in [-0.25, -0.2) is 9.59 Å². The van der Waals surface area contributed by atoms with Gasteiger partial charge in [0.15, 0.2) is 0 Å². The minimum atomic E-state index is -1.04. The molecule has 6 heteroatoms. The maximum atomic E-state index is 12.3. The van der Waals surface area contributed by atoms with Gasteiger partial charge in [-0.2, -0.15) is 0 Å². The summed E-state index contributed by atoms with van der Waals surface area (Å²) < 4.78 is 5.58. The van der Waals surface area contributed by atoms with Gasteiger partial charge in [0.05, 0.1) is 12.2 Å². The van der Waals surface area contributed by atoms with Gasteiger partial charge in [-0.05, 0) is 19.4 Å². The third kappa shape index (κ3) is 4.46. The number of amides is 2. The second kappa shape index (κ2) is 7.26. The van der Waals surface area contributed by atoms with Crippen LogP contribution in [0.3, 0.4) is 0 Å². The lowest BCUT2D eigenvalue weighted by molar-refractivity contribution is -0.139. The van der Waals surface area contributed by atoms with Crippen molar-refractivity contribution >= 4 is 12.0 Å². The second-order valence-electron chi connectivity index (χ2n) is 5.69. The number of benzene rings is 1. The summed E-state index contributed by atoms with van der Waals surface area (Å²) in [4.78, 5) is 25.3. The molecule has 0 aromatic heterocycles. The van der Waals surface area contributed by atoms with Crippen LogP contribution in [0.5, 0.6) is 0 Å². The molecular weight excluding hydrogens is 284 g/mol. The molecular formula is C16H22N2O4. The SMILES string of the molecule is CC1CN(C(=O)N[C@@H](Cc2ccccc2)C(=O)O)CC(C)O1. The molecule has 1 saturated heterocycles. The summed E-state index contributed by atoms with van der Waals surface area (Å²) in [5.41, 5.74) is 0.874. The average Bonchev–Trinajstić information content (AvgIpc) is 2.46. The van der Waals surface area contributed by atoms with Crippen LogP contribution in [-0.4, -0.2) is 53.3 Å². The Morgan fingerprint density at radius 1 is 1.27 bits per heavy atom. The lowest BCUT2D eigenvalue weighted by Crippen LogP contribution is -2.55. The predicted octanol–water partition coefficient (Wildman–Crippen LogP) is 1.50. The fourth-order valence-corrected chi connectivity index (χ4v) is 2.63. The van der Waals surface area contributed by atoms with Crippen molar-refractivity contribution < 1.29 is 19.4 Å². The number of ether oxygens (including phenoxy) is 1. The molecule has 1 aromatic rings. The number of hydrogen-bond donors (Lipinski definition) is 2. The number of nitrogens with one attached hydrogen (secondary N) is 1. The molecule has 0 spiro atoms. The lowest BCUT2D eigenvalue weighted by atomic mass is 10.1. The molecule has 1 aliphatic heterocycles. The van der Waals surface area contributed by atoms with Gasteiger partial charge in [0.2, 0.25) is 0 Å². The standard InChI is InChI=1S/C16H22N2O4/c1-11-9-18(10-12(2)22-11)16(21)17-14(15(19)20)8-13-6-4-3-5-7-13/h3-7,11-12,14H,8-10H2,1-2H3,(H,17,21)(H,19,20)/t11?,12?,14-/m0/s1. The maximum absolute atomic E-state index is 12.3. The first-order chi connectivity index (χ1) is 10.5. The Hall–Kier alpha value is -2.08. The van der Waals surface area contributed by atoms with Crippen LogP contribution in [0, 0.1) is 0 Å². The molecule has 0 aliphatic carbocycles. The van der Waals surface area contributed by atoms with E-state index >= 15 is 0 Å². The summed E-state index contributed by atoms with van der Waals surface area (Å²) in [5, 5.41) is 11.9. The van der Waals surface area contributed by atoms with E-state index in [4.69, 9.17) is 4.74 Å². The summed E-state index contributed by atoms with van der Waals surface area (Å²) >= 11 is 0. The molecule has 1 heterocycles. The van der Waals surface area contributed by atoms with E-state index < -0.39 is 12.0 Å². The Balaban J connectivity index is 1.98. The zero-order valence-corrected chi connectivity index (χ0v) is 12.9. The Labute approximate surface area is 130 Å². The monoisotopic (exact) mass is 306 g/mol. The highest BCUT2D eigenvalue weighted by molar-refractivity contribution is 5.82. The number of morpholine rings is 1. The van der Waals surface area contributed by atoms with E-state index in [9.17, 15) is 14.7 Å². The molecule has 2 amide bonds. The smallest absolute Gasteiger partial charge is 0.326 e. The third-order valence-electron chi connectivity index (χ3n) is 3.59. The van der Waals surface area contributed by atoms with Crippen molar-refractivity contribution in [3.05, 3.63) is 35.9 Å². The predicted molar refractivity (Wildman–Crippen MR) is 81.7 cm³/mol. The molecule has 0 saturated carbocycles. The molecule has 0 radical (unpaired) electrons.